The largest absolute Gasteiger partial charge is 0.511 e. The Morgan fingerprint density at radius 2 is 2.24 bits per heavy atom. The summed E-state index contributed by atoms with van der Waals surface area (Å²) in [5.74, 6) is 0.456. The number of imidazole rings is 1. The molecule has 0 saturated carbocycles. The smallest absolute Gasteiger partial charge is 0.258 e. The van der Waals surface area contributed by atoms with E-state index in [1.165, 1.54) is 0 Å². The molecule has 0 radical (unpaired) electrons. The van der Waals surface area contributed by atoms with Gasteiger partial charge in [-0.15, -0.1) is 0 Å². The van der Waals surface area contributed by atoms with Crippen LogP contribution in [0.3, 0.4) is 0 Å². The number of para-hydroxylation sites is 2. The Hall–Kier alpha value is -2.30. The summed E-state index contributed by atoms with van der Waals surface area (Å²) in [7, 11) is 0. The van der Waals surface area contributed by atoms with Crippen molar-refractivity contribution < 1.29 is 9.90 Å². The van der Waals surface area contributed by atoms with Crippen LogP contribution in [0.2, 0.25) is 0 Å². The second kappa shape index (κ2) is 5.60. The second-order valence-corrected chi connectivity index (χ2v) is 5.26. The van der Waals surface area contributed by atoms with E-state index in [0.717, 1.165) is 23.9 Å². The summed E-state index contributed by atoms with van der Waals surface area (Å²) in [6, 6.07) is 7.79. The van der Waals surface area contributed by atoms with Gasteiger partial charge in [0.05, 0.1) is 11.0 Å². The van der Waals surface area contributed by atoms with Crippen molar-refractivity contribution in [3.63, 3.8) is 0 Å². The molecule has 0 aliphatic carbocycles. The highest BCUT2D eigenvalue weighted by Crippen LogP contribution is 2.29. The molecule has 5 heteroatoms. The molecule has 0 atom stereocenters. The first kappa shape index (κ1) is 13.7. The maximum atomic E-state index is 12.3. The van der Waals surface area contributed by atoms with Crippen molar-refractivity contribution in [1.29, 1.82) is 0 Å². The van der Waals surface area contributed by atoms with Crippen LogP contribution < -0.4 is 5.32 Å². The topological polar surface area (TPSA) is 67.2 Å². The van der Waals surface area contributed by atoms with E-state index in [-0.39, 0.29) is 11.7 Å². The lowest BCUT2D eigenvalue weighted by Crippen LogP contribution is -2.29. The predicted octanol–water partition coefficient (Wildman–Crippen LogP) is 2.63. The van der Waals surface area contributed by atoms with Crippen LogP contribution in [0.5, 0.6) is 0 Å². The normalized spacial score (nSPS) is 14.3. The lowest BCUT2D eigenvalue weighted by Gasteiger charge is -2.18. The molecule has 1 aliphatic rings. The van der Waals surface area contributed by atoms with Gasteiger partial charge < -0.3 is 15.0 Å². The molecule has 1 aromatic carbocycles. The van der Waals surface area contributed by atoms with Crippen molar-refractivity contribution in [2.45, 2.75) is 32.7 Å². The van der Waals surface area contributed by atoms with Crippen molar-refractivity contribution in [1.82, 2.24) is 14.9 Å². The number of nitrogens with zero attached hydrogens (tertiary/aromatic N) is 2. The van der Waals surface area contributed by atoms with E-state index >= 15 is 0 Å². The standard InChI is InChI=1S/C16H19N3O2/c1-2-3-9-17-16(21)14-13(20)8-10-19-12-7-5-4-6-11(12)18-15(14)19/h4-7,20H,2-3,8-10H2,1H3,(H,17,21). The third-order valence-electron chi connectivity index (χ3n) is 3.78. The quantitative estimate of drug-likeness (QED) is 0.849. The fourth-order valence-electron chi connectivity index (χ4n) is 2.66. The summed E-state index contributed by atoms with van der Waals surface area (Å²) in [6.45, 7) is 3.34. The molecule has 1 aromatic heterocycles. The van der Waals surface area contributed by atoms with Gasteiger partial charge in [0.15, 0.2) is 0 Å². The van der Waals surface area contributed by atoms with Crippen LogP contribution in [-0.4, -0.2) is 27.1 Å². The third-order valence-corrected chi connectivity index (χ3v) is 3.78. The molecule has 0 bridgehead atoms. The highest BCUT2D eigenvalue weighted by Gasteiger charge is 2.27. The molecule has 2 heterocycles. The zero-order valence-electron chi connectivity index (χ0n) is 12.1. The number of unbranched alkanes of at least 4 members (excludes halogenated alkanes) is 1. The van der Waals surface area contributed by atoms with Gasteiger partial charge in [-0.05, 0) is 18.6 Å². The minimum Gasteiger partial charge on any atom is -0.511 e. The molecule has 1 amide bonds. The van der Waals surface area contributed by atoms with Crippen LogP contribution in [0.15, 0.2) is 30.0 Å². The Morgan fingerprint density at radius 3 is 3.05 bits per heavy atom. The Labute approximate surface area is 123 Å². The molecule has 2 aromatic rings. The van der Waals surface area contributed by atoms with Gasteiger partial charge in [-0.25, -0.2) is 4.98 Å². The minimum absolute atomic E-state index is 0.131. The highest BCUT2D eigenvalue weighted by atomic mass is 16.3. The van der Waals surface area contributed by atoms with Crippen LogP contribution in [0.4, 0.5) is 0 Å². The number of fused-ring (bicyclic) bond motifs is 3. The number of allylic oxidation sites excluding steroid dienone is 1. The van der Waals surface area contributed by atoms with Crippen molar-refractivity contribution in [2.24, 2.45) is 0 Å². The Bertz CT molecular complexity index is 715. The van der Waals surface area contributed by atoms with Crippen LogP contribution >= 0.6 is 0 Å². The molecule has 5 nitrogen and oxygen atoms in total. The lowest BCUT2D eigenvalue weighted by molar-refractivity contribution is -0.115. The third kappa shape index (κ3) is 2.39. The molecule has 0 unspecified atom stereocenters. The molecular formula is C16H19N3O2. The first-order valence-electron chi connectivity index (χ1n) is 7.38. The maximum absolute atomic E-state index is 12.3. The molecule has 3 rings (SSSR count). The summed E-state index contributed by atoms with van der Waals surface area (Å²) < 4.78 is 2.00. The molecule has 2 N–H and O–H groups in total. The van der Waals surface area contributed by atoms with Crippen LogP contribution in [0.1, 0.15) is 32.0 Å². The van der Waals surface area contributed by atoms with Gasteiger partial charge >= 0.3 is 0 Å². The van der Waals surface area contributed by atoms with Crippen molar-refractivity contribution in [3.8, 4) is 0 Å². The minimum atomic E-state index is -0.239. The number of hydrogen-bond acceptors (Lipinski definition) is 3. The summed E-state index contributed by atoms with van der Waals surface area (Å²) in [5, 5.41) is 13.0. The van der Waals surface area contributed by atoms with Crippen molar-refractivity contribution in [2.75, 3.05) is 6.54 Å². The Balaban J connectivity index is 1.99. The number of aliphatic hydroxyl groups is 1. The number of aliphatic hydroxyl groups excluding tert-OH is 1. The van der Waals surface area contributed by atoms with E-state index in [4.69, 9.17) is 0 Å². The van der Waals surface area contributed by atoms with E-state index in [1.54, 1.807) is 0 Å². The number of amides is 1. The first-order valence-corrected chi connectivity index (χ1v) is 7.38. The number of nitrogens with one attached hydrogen (secondary N) is 1. The lowest BCUT2D eigenvalue weighted by atomic mass is 10.1. The number of hydrogen-bond donors (Lipinski definition) is 2. The summed E-state index contributed by atoms with van der Waals surface area (Å²) in [4.78, 5) is 16.9. The number of rotatable bonds is 4. The van der Waals surface area contributed by atoms with Crippen molar-refractivity contribution in [3.05, 3.63) is 35.8 Å². The van der Waals surface area contributed by atoms with E-state index in [9.17, 15) is 9.90 Å². The van der Waals surface area contributed by atoms with Gasteiger partial charge in [-0.2, -0.15) is 0 Å². The fourth-order valence-corrected chi connectivity index (χ4v) is 2.66. The molecule has 110 valence electrons. The average Bonchev–Trinajstić information content (AvgIpc) is 2.85. The van der Waals surface area contributed by atoms with Gasteiger partial charge in [0, 0.05) is 19.5 Å². The zero-order valence-corrected chi connectivity index (χ0v) is 12.1. The molecule has 0 saturated heterocycles. The second-order valence-electron chi connectivity index (χ2n) is 5.26. The number of aromatic nitrogens is 2. The van der Waals surface area contributed by atoms with Gasteiger partial charge in [0.25, 0.3) is 5.91 Å². The number of benzene rings is 1. The van der Waals surface area contributed by atoms with E-state index in [0.29, 0.717) is 30.9 Å². The van der Waals surface area contributed by atoms with Crippen LogP contribution in [-0.2, 0) is 11.3 Å². The Kier molecular flexibility index (Phi) is 3.64. The molecule has 1 aliphatic heterocycles. The number of aryl methyl sites for hydroxylation is 1. The fraction of sp³-hybridized carbons (Fsp3) is 0.375. The van der Waals surface area contributed by atoms with Gasteiger partial charge in [0.1, 0.15) is 17.2 Å². The molecular weight excluding hydrogens is 266 g/mol. The van der Waals surface area contributed by atoms with Crippen LogP contribution in [0, 0.1) is 0 Å². The van der Waals surface area contributed by atoms with Crippen molar-refractivity contribution >= 4 is 22.5 Å². The van der Waals surface area contributed by atoms with E-state index in [1.807, 2.05) is 28.8 Å². The molecule has 0 spiro atoms. The van der Waals surface area contributed by atoms with Crippen LogP contribution in [0.25, 0.3) is 16.6 Å². The SMILES string of the molecule is CCCCNC(=O)C1=C(O)CCn2c1nc1ccccc12. The zero-order chi connectivity index (χ0) is 14.8. The van der Waals surface area contributed by atoms with Gasteiger partial charge in [-0.3, -0.25) is 4.79 Å². The first-order chi connectivity index (χ1) is 10.2. The summed E-state index contributed by atoms with van der Waals surface area (Å²) >= 11 is 0. The average molecular weight is 285 g/mol. The van der Waals surface area contributed by atoms with Gasteiger partial charge in [0.2, 0.25) is 0 Å². The van der Waals surface area contributed by atoms with Gasteiger partial charge in [-0.1, -0.05) is 25.5 Å². The summed E-state index contributed by atoms with van der Waals surface area (Å²) in [6.07, 6.45) is 2.41. The monoisotopic (exact) mass is 285 g/mol. The summed E-state index contributed by atoms with van der Waals surface area (Å²) in [5.41, 5.74) is 2.16. The van der Waals surface area contributed by atoms with E-state index < -0.39 is 0 Å². The predicted molar refractivity (Wildman–Crippen MR) is 81.8 cm³/mol. The number of carbonyl (C=O) groups excluding carboxylic acids is 1. The molecule has 0 fully saturated rings. The number of carbonyl (C=O) groups is 1. The maximum Gasteiger partial charge on any atom is 0.258 e. The highest BCUT2D eigenvalue weighted by molar-refractivity contribution is 6.19. The molecule has 21 heavy (non-hydrogen) atoms. The Morgan fingerprint density at radius 1 is 1.43 bits per heavy atom. The van der Waals surface area contributed by atoms with E-state index in [2.05, 4.69) is 17.2 Å².